The standard InChI is InChI=1S/C18H17ClN2O4S/c1-3-17(26(23,24)12-7-5-4-6-8-12)18(22)21-14-10-16-15(9-13(14)19)20-11(2)25-16/h4-10,17H,3H2,1-2H3,(H,21,22). The molecule has 1 N–H and O–H groups in total. The number of aromatic nitrogens is 1. The topological polar surface area (TPSA) is 89.3 Å². The molecule has 3 rings (SSSR count). The van der Waals surface area contributed by atoms with Gasteiger partial charge in [0.05, 0.1) is 15.6 Å². The molecule has 0 spiro atoms. The molecule has 8 heteroatoms. The number of fused-ring (bicyclic) bond motifs is 1. The number of carbonyl (C=O) groups is 1. The molecule has 1 aromatic heterocycles. The van der Waals surface area contributed by atoms with Gasteiger partial charge in [0.15, 0.2) is 21.3 Å². The SMILES string of the molecule is CCC(C(=O)Nc1cc2oc(C)nc2cc1Cl)S(=O)(=O)c1ccccc1. The summed E-state index contributed by atoms with van der Waals surface area (Å²) >= 11 is 6.19. The molecular formula is C18H17ClN2O4S. The molecule has 0 fully saturated rings. The maximum atomic E-state index is 12.8. The maximum Gasteiger partial charge on any atom is 0.243 e. The molecule has 0 saturated heterocycles. The van der Waals surface area contributed by atoms with Crippen LogP contribution in [0.2, 0.25) is 5.02 Å². The fourth-order valence-corrected chi connectivity index (χ4v) is 4.54. The number of benzene rings is 2. The van der Waals surface area contributed by atoms with Gasteiger partial charge in [0, 0.05) is 13.0 Å². The fourth-order valence-electron chi connectivity index (χ4n) is 2.69. The van der Waals surface area contributed by atoms with Crippen LogP contribution in [-0.4, -0.2) is 24.6 Å². The van der Waals surface area contributed by atoms with E-state index in [1.807, 2.05) is 0 Å². The van der Waals surface area contributed by atoms with Gasteiger partial charge in [-0.3, -0.25) is 4.79 Å². The van der Waals surface area contributed by atoms with Crippen LogP contribution >= 0.6 is 11.6 Å². The molecular weight excluding hydrogens is 376 g/mol. The van der Waals surface area contributed by atoms with Crippen molar-refractivity contribution in [1.29, 1.82) is 0 Å². The summed E-state index contributed by atoms with van der Waals surface area (Å²) < 4.78 is 31.0. The summed E-state index contributed by atoms with van der Waals surface area (Å²) in [4.78, 5) is 16.9. The van der Waals surface area contributed by atoms with Crippen LogP contribution in [0.3, 0.4) is 0 Å². The van der Waals surface area contributed by atoms with Crippen molar-refractivity contribution in [2.24, 2.45) is 0 Å². The monoisotopic (exact) mass is 392 g/mol. The summed E-state index contributed by atoms with van der Waals surface area (Å²) in [6, 6.07) is 11.0. The largest absolute Gasteiger partial charge is 0.441 e. The Bertz CT molecular complexity index is 1060. The molecule has 6 nitrogen and oxygen atoms in total. The van der Waals surface area contributed by atoms with E-state index in [1.54, 1.807) is 38.1 Å². The minimum atomic E-state index is -3.81. The average Bonchev–Trinajstić information content (AvgIpc) is 2.95. The highest BCUT2D eigenvalue weighted by Crippen LogP contribution is 2.29. The average molecular weight is 393 g/mol. The van der Waals surface area contributed by atoms with Crippen LogP contribution in [0.25, 0.3) is 11.1 Å². The molecule has 1 amide bonds. The molecule has 0 bridgehead atoms. The summed E-state index contributed by atoms with van der Waals surface area (Å²) in [6.45, 7) is 3.35. The number of nitrogens with one attached hydrogen (secondary N) is 1. The zero-order chi connectivity index (χ0) is 18.9. The molecule has 26 heavy (non-hydrogen) atoms. The number of oxazole rings is 1. The van der Waals surface area contributed by atoms with E-state index in [9.17, 15) is 13.2 Å². The lowest BCUT2D eigenvalue weighted by atomic mass is 10.2. The highest BCUT2D eigenvalue weighted by Gasteiger charge is 2.32. The number of hydrogen-bond donors (Lipinski definition) is 1. The van der Waals surface area contributed by atoms with E-state index in [1.165, 1.54) is 18.2 Å². The number of nitrogens with zero attached hydrogens (tertiary/aromatic N) is 1. The lowest BCUT2D eigenvalue weighted by Crippen LogP contribution is -2.34. The zero-order valence-corrected chi connectivity index (χ0v) is 15.8. The van der Waals surface area contributed by atoms with Crippen molar-refractivity contribution in [1.82, 2.24) is 4.98 Å². The van der Waals surface area contributed by atoms with Gasteiger partial charge in [0.25, 0.3) is 0 Å². The van der Waals surface area contributed by atoms with Crippen molar-refractivity contribution in [2.75, 3.05) is 5.32 Å². The van der Waals surface area contributed by atoms with Crippen LogP contribution in [0.1, 0.15) is 19.2 Å². The molecule has 1 unspecified atom stereocenters. The van der Waals surface area contributed by atoms with Crippen LogP contribution in [0, 0.1) is 6.92 Å². The number of carbonyl (C=O) groups excluding carboxylic acids is 1. The summed E-state index contributed by atoms with van der Waals surface area (Å²) in [7, 11) is -3.81. The second kappa shape index (κ2) is 7.09. The lowest BCUT2D eigenvalue weighted by Gasteiger charge is -2.16. The molecule has 1 atom stereocenters. The molecule has 0 aliphatic rings. The van der Waals surface area contributed by atoms with Crippen LogP contribution < -0.4 is 5.32 Å². The Labute approximate surface area is 156 Å². The predicted octanol–water partition coefficient (Wildman–Crippen LogP) is 3.98. The van der Waals surface area contributed by atoms with Gasteiger partial charge in [0.2, 0.25) is 5.91 Å². The summed E-state index contributed by atoms with van der Waals surface area (Å²) in [5, 5.41) is 1.63. The molecule has 136 valence electrons. The normalized spacial score (nSPS) is 12.9. The third kappa shape index (κ3) is 3.45. The Morgan fingerprint density at radius 3 is 2.62 bits per heavy atom. The van der Waals surface area contributed by atoms with Crippen LogP contribution in [0.15, 0.2) is 51.8 Å². The van der Waals surface area contributed by atoms with Gasteiger partial charge >= 0.3 is 0 Å². The van der Waals surface area contributed by atoms with Crippen molar-refractivity contribution >= 4 is 44.1 Å². The number of aryl methyl sites for hydroxylation is 1. The quantitative estimate of drug-likeness (QED) is 0.709. The van der Waals surface area contributed by atoms with E-state index in [0.717, 1.165) is 0 Å². The first-order valence-electron chi connectivity index (χ1n) is 7.99. The van der Waals surface area contributed by atoms with E-state index in [4.69, 9.17) is 16.0 Å². The van der Waals surface area contributed by atoms with Crippen molar-refractivity contribution in [3.63, 3.8) is 0 Å². The number of anilines is 1. The predicted molar refractivity (Wildman–Crippen MR) is 100 cm³/mol. The number of rotatable bonds is 5. The molecule has 0 saturated carbocycles. The third-order valence-corrected chi connectivity index (χ3v) is 6.49. The van der Waals surface area contributed by atoms with E-state index < -0.39 is 21.0 Å². The second-order valence-corrected chi connectivity index (χ2v) is 8.31. The first-order chi connectivity index (χ1) is 12.3. The van der Waals surface area contributed by atoms with Crippen molar-refractivity contribution < 1.29 is 17.6 Å². The van der Waals surface area contributed by atoms with Crippen LogP contribution in [0.5, 0.6) is 0 Å². The Hall–Kier alpha value is -2.38. The van der Waals surface area contributed by atoms with Gasteiger partial charge < -0.3 is 9.73 Å². The molecule has 2 aromatic carbocycles. The Morgan fingerprint density at radius 2 is 1.96 bits per heavy atom. The Morgan fingerprint density at radius 1 is 1.27 bits per heavy atom. The van der Waals surface area contributed by atoms with Gasteiger partial charge in [-0.2, -0.15) is 0 Å². The lowest BCUT2D eigenvalue weighted by molar-refractivity contribution is -0.115. The number of hydrogen-bond acceptors (Lipinski definition) is 5. The number of amides is 1. The van der Waals surface area contributed by atoms with Crippen molar-refractivity contribution in [2.45, 2.75) is 30.4 Å². The first-order valence-corrected chi connectivity index (χ1v) is 9.92. The minimum absolute atomic E-state index is 0.106. The molecule has 0 radical (unpaired) electrons. The van der Waals surface area contributed by atoms with Gasteiger partial charge in [-0.25, -0.2) is 13.4 Å². The number of halogens is 1. The highest BCUT2D eigenvalue weighted by atomic mass is 35.5. The Balaban J connectivity index is 1.92. The van der Waals surface area contributed by atoms with Gasteiger partial charge in [0.1, 0.15) is 10.8 Å². The highest BCUT2D eigenvalue weighted by molar-refractivity contribution is 7.92. The minimum Gasteiger partial charge on any atom is -0.441 e. The molecule has 3 aromatic rings. The van der Waals surface area contributed by atoms with E-state index in [2.05, 4.69) is 10.3 Å². The van der Waals surface area contributed by atoms with Crippen molar-refractivity contribution in [3.8, 4) is 0 Å². The summed E-state index contributed by atoms with van der Waals surface area (Å²) in [6.07, 6.45) is 0.129. The van der Waals surface area contributed by atoms with Crippen LogP contribution in [-0.2, 0) is 14.6 Å². The molecule has 0 aliphatic heterocycles. The van der Waals surface area contributed by atoms with Crippen molar-refractivity contribution in [3.05, 3.63) is 53.4 Å². The molecule has 1 heterocycles. The Kier molecular flexibility index (Phi) is 5.02. The fraction of sp³-hybridized carbons (Fsp3) is 0.222. The second-order valence-electron chi connectivity index (χ2n) is 5.78. The van der Waals surface area contributed by atoms with Gasteiger partial charge in [-0.1, -0.05) is 36.7 Å². The zero-order valence-electron chi connectivity index (χ0n) is 14.2. The number of sulfone groups is 1. The van der Waals surface area contributed by atoms with Crippen LogP contribution in [0.4, 0.5) is 5.69 Å². The van der Waals surface area contributed by atoms with Gasteiger partial charge in [-0.15, -0.1) is 0 Å². The van der Waals surface area contributed by atoms with E-state index >= 15 is 0 Å². The maximum absolute atomic E-state index is 12.8. The molecule has 0 aliphatic carbocycles. The first kappa shape index (κ1) is 18.4. The van der Waals surface area contributed by atoms with Gasteiger partial charge in [-0.05, 0) is 24.6 Å². The summed E-state index contributed by atoms with van der Waals surface area (Å²) in [5.74, 6) is -0.175. The van der Waals surface area contributed by atoms with E-state index in [-0.39, 0.29) is 22.0 Å². The smallest absolute Gasteiger partial charge is 0.243 e. The third-order valence-electron chi connectivity index (χ3n) is 3.95. The summed E-state index contributed by atoms with van der Waals surface area (Å²) in [5.41, 5.74) is 1.30. The van der Waals surface area contributed by atoms with E-state index in [0.29, 0.717) is 17.0 Å².